The minimum Gasteiger partial charge on any atom is -0.330 e. The second-order valence-corrected chi connectivity index (χ2v) is 4.17. The quantitative estimate of drug-likeness (QED) is 0.815. The van der Waals surface area contributed by atoms with Gasteiger partial charge in [0.1, 0.15) is 0 Å². The van der Waals surface area contributed by atoms with Gasteiger partial charge in [0.2, 0.25) is 0 Å². The lowest BCUT2D eigenvalue weighted by Crippen LogP contribution is -2.36. The molecule has 0 spiro atoms. The summed E-state index contributed by atoms with van der Waals surface area (Å²) in [7, 11) is 0. The normalized spacial score (nSPS) is 21.3. The van der Waals surface area contributed by atoms with Crippen molar-refractivity contribution in [2.45, 2.75) is 25.8 Å². The van der Waals surface area contributed by atoms with Crippen LogP contribution in [0.25, 0.3) is 0 Å². The van der Waals surface area contributed by atoms with Gasteiger partial charge >= 0.3 is 0 Å². The number of benzene rings is 1. The third kappa shape index (κ3) is 2.06. The monoisotopic (exact) mass is 204 g/mol. The van der Waals surface area contributed by atoms with E-state index in [-0.39, 0.29) is 0 Å². The van der Waals surface area contributed by atoms with Crippen LogP contribution in [0.4, 0.5) is 0 Å². The molecule has 2 N–H and O–H groups in total. The molecule has 0 amide bonds. The van der Waals surface area contributed by atoms with Crippen molar-refractivity contribution in [3.05, 3.63) is 35.4 Å². The second kappa shape index (κ2) is 4.77. The van der Waals surface area contributed by atoms with Crippen molar-refractivity contribution >= 4 is 0 Å². The molecular formula is C13H20N2. The maximum atomic E-state index is 5.71. The smallest absolute Gasteiger partial charge is 0.0362 e. The number of fused-ring (bicyclic) bond motifs is 1. The number of hydrogen-bond donors (Lipinski definition) is 1. The molecule has 1 unspecified atom stereocenters. The highest BCUT2D eigenvalue weighted by molar-refractivity contribution is 5.32. The fourth-order valence-electron chi connectivity index (χ4n) is 2.58. The molecule has 1 aromatic carbocycles. The Morgan fingerprint density at radius 3 is 2.93 bits per heavy atom. The molecule has 15 heavy (non-hydrogen) atoms. The molecule has 2 rings (SSSR count). The van der Waals surface area contributed by atoms with Crippen LogP contribution in [-0.4, -0.2) is 24.5 Å². The maximum Gasteiger partial charge on any atom is 0.0362 e. The number of nitrogens with two attached hydrogens (primary N) is 1. The van der Waals surface area contributed by atoms with Gasteiger partial charge in [-0.15, -0.1) is 0 Å². The highest BCUT2D eigenvalue weighted by Gasteiger charge is 2.24. The summed E-state index contributed by atoms with van der Waals surface area (Å²) in [4.78, 5) is 2.54. The SMILES string of the molecule is CCN1CCc2ccccc2C1CCN. The zero-order valence-electron chi connectivity index (χ0n) is 9.45. The summed E-state index contributed by atoms with van der Waals surface area (Å²) in [5, 5.41) is 0. The van der Waals surface area contributed by atoms with Crippen LogP contribution in [0, 0.1) is 0 Å². The molecule has 0 bridgehead atoms. The van der Waals surface area contributed by atoms with Gasteiger partial charge in [-0.1, -0.05) is 31.2 Å². The Balaban J connectivity index is 2.29. The van der Waals surface area contributed by atoms with Crippen molar-refractivity contribution in [2.75, 3.05) is 19.6 Å². The average molecular weight is 204 g/mol. The largest absolute Gasteiger partial charge is 0.330 e. The lowest BCUT2D eigenvalue weighted by molar-refractivity contribution is 0.187. The van der Waals surface area contributed by atoms with Gasteiger partial charge in [0.05, 0.1) is 0 Å². The standard InChI is InChI=1S/C13H20N2/c1-2-15-10-8-11-5-3-4-6-12(11)13(15)7-9-14/h3-6,13H,2,7-10,14H2,1H3. The molecule has 0 aliphatic carbocycles. The molecule has 1 aromatic rings. The number of hydrogen-bond acceptors (Lipinski definition) is 2. The molecule has 0 fully saturated rings. The third-order valence-electron chi connectivity index (χ3n) is 3.37. The minimum atomic E-state index is 0.546. The average Bonchev–Trinajstić information content (AvgIpc) is 2.30. The number of nitrogens with zero attached hydrogens (tertiary/aromatic N) is 1. The Kier molecular flexibility index (Phi) is 3.39. The van der Waals surface area contributed by atoms with Gasteiger partial charge in [-0.25, -0.2) is 0 Å². The third-order valence-corrected chi connectivity index (χ3v) is 3.37. The molecule has 0 aromatic heterocycles. The van der Waals surface area contributed by atoms with Gasteiger partial charge in [0.25, 0.3) is 0 Å². The van der Waals surface area contributed by atoms with Gasteiger partial charge in [-0.2, -0.15) is 0 Å². The van der Waals surface area contributed by atoms with Crippen molar-refractivity contribution in [1.82, 2.24) is 4.90 Å². The van der Waals surface area contributed by atoms with Crippen LogP contribution in [0.3, 0.4) is 0 Å². The Bertz CT molecular complexity index is 322. The molecule has 1 aliphatic rings. The van der Waals surface area contributed by atoms with E-state index in [0.29, 0.717) is 6.04 Å². The summed E-state index contributed by atoms with van der Waals surface area (Å²) in [6.45, 7) is 5.31. The van der Waals surface area contributed by atoms with Gasteiger partial charge in [-0.3, -0.25) is 4.90 Å². The van der Waals surface area contributed by atoms with E-state index >= 15 is 0 Å². The summed E-state index contributed by atoms with van der Waals surface area (Å²) in [5.41, 5.74) is 8.72. The number of likely N-dealkylation sites (N-methyl/N-ethyl adjacent to an activating group) is 1. The Morgan fingerprint density at radius 1 is 1.40 bits per heavy atom. The van der Waals surface area contributed by atoms with Gasteiger partial charge in [0, 0.05) is 12.6 Å². The fraction of sp³-hybridized carbons (Fsp3) is 0.538. The second-order valence-electron chi connectivity index (χ2n) is 4.17. The molecule has 0 saturated carbocycles. The molecule has 2 nitrogen and oxygen atoms in total. The fourth-order valence-corrected chi connectivity index (χ4v) is 2.58. The van der Waals surface area contributed by atoms with Crippen LogP contribution in [0.2, 0.25) is 0 Å². The van der Waals surface area contributed by atoms with Crippen LogP contribution < -0.4 is 5.73 Å². The van der Waals surface area contributed by atoms with Gasteiger partial charge in [-0.05, 0) is 37.1 Å². The maximum absolute atomic E-state index is 5.71. The molecule has 2 heteroatoms. The summed E-state index contributed by atoms with van der Waals surface area (Å²) in [6.07, 6.45) is 2.26. The molecule has 82 valence electrons. The first kappa shape index (κ1) is 10.7. The molecule has 1 atom stereocenters. The molecule has 1 aliphatic heterocycles. The van der Waals surface area contributed by atoms with Crippen LogP contribution >= 0.6 is 0 Å². The summed E-state index contributed by atoms with van der Waals surface area (Å²) >= 11 is 0. The van der Waals surface area contributed by atoms with Crippen molar-refractivity contribution in [2.24, 2.45) is 5.73 Å². The summed E-state index contributed by atoms with van der Waals surface area (Å²) in [6, 6.07) is 9.34. The van der Waals surface area contributed by atoms with E-state index < -0.39 is 0 Å². The van der Waals surface area contributed by atoms with Crippen molar-refractivity contribution in [1.29, 1.82) is 0 Å². The zero-order chi connectivity index (χ0) is 10.7. The molecular weight excluding hydrogens is 184 g/mol. The predicted molar refractivity (Wildman–Crippen MR) is 63.8 cm³/mol. The Labute approximate surface area is 92.1 Å². The van der Waals surface area contributed by atoms with E-state index in [2.05, 4.69) is 36.1 Å². The van der Waals surface area contributed by atoms with Crippen LogP contribution in [0.15, 0.2) is 24.3 Å². The minimum absolute atomic E-state index is 0.546. The van der Waals surface area contributed by atoms with Gasteiger partial charge in [0.15, 0.2) is 0 Å². The highest BCUT2D eigenvalue weighted by atomic mass is 15.2. The molecule has 0 saturated heterocycles. The first-order valence-corrected chi connectivity index (χ1v) is 5.88. The van der Waals surface area contributed by atoms with E-state index in [0.717, 1.165) is 19.5 Å². The first-order chi connectivity index (χ1) is 7.36. The lowest BCUT2D eigenvalue weighted by atomic mass is 9.91. The zero-order valence-corrected chi connectivity index (χ0v) is 9.45. The van der Waals surface area contributed by atoms with Crippen LogP contribution in [0.1, 0.15) is 30.5 Å². The van der Waals surface area contributed by atoms with E-state index in [1.54, 1.807) is 0 Å². The van der Waals surface area contributed by atoms with E-state index in [9.17, 15) is 0 Å². The molecule has 1 heterocycles. The van der Waals surface area contributed by atoms with Gasteiger partial charge < -0.3 is 5.73 Å². The molecule has 0 radical (unpaired) electrons. The highest BCUT2D eigenvalue weighted by Crippen LogP contribution is 2.31. The Hall–Kier alpha value is -0.860. The van der Waals surface area contributed by atoms with Crippen molar-refractivity contribution in [3.8, 4) is 0 Å². The number of rotatable bonds is 3. The Morgan fingerprint density at radius 2 is 2.20 bits per heavy atom. The van der Waals surface area contributed by atoms with E-state index in [1.807, 2.05) is 0 Å². The van der Waals surface area contributed by atoms with Crippen molar-refractivity contribution < 1.29 is 0 Å². The first-order valence-electron chi connectivity index (χ1n) is 5.88. The van der Waals surface area contributed by atoms with Crippen molar-refractivity contribution in [3.63, 3.8) is 0 Å². The summed E-state index contributed by atoms with van der Waals surface area (Å²) in [5.74, 6) is 0. The lowest BCUT2D eigenvalue weighted by Gasteiger charge is -2.36. The van der Waals surface area contributed by atoms with E-state index in [1.165, 1.54) is 24.1 Å². The predicted octanol–water partition coefficient (Wildman–Crippen LogP) is 1.95. The van der Waals surface area contributed by atoms with Crippen LogP contribution in [0.5, 0.6) is 0 Å². The van der Waals surface area contributed by atoms with E-state index in [4.69, 9.17) is 5.73 Å². The summed E-state index contributed by atoms with van der Waals surface area (Å²) < 4.78 is 0. The topological polar surface area (TPSA) is 29.3 Å². The van der Waals surface area contributed by atoms with Crippen LogP contribution in [-0.2, 0) is 6.42 Å².